The Morgan fingerprint density at radius 3 is 2.58 bits per heavy atom. The summed E-state index contributed by atoms with van der Waals surface area (Å²) in [6.07, 6.45) is -2.64. The molecule has 2 fully saturated rings. The maximum absolute atomic E-state index is 13.5. The first-order chi connectivity index (χ1) is 15.7. The molecule has 2 aromatic heterocycles. The SMILES string of the molecule is Cc1nnc(N2CC3CCC(C2)C3Nc2nc(Oc3cccc(F)c3)n(CC(F)(F)F)n2)o1. The Morgan fingerprint density at radius 2 is 1.94 bits per heavy atom. The van der Waals surface area contributed by atoms with Gasteiger partial charge in [0.2, 0.25) is 11.8 Å². The summed E-state index contributed by atoms with van der Waals surface area (Å²) in [5, 5.41) is 15.1. The van der Waals surface area contributed by atoms with E-state index in [1.54, 1.807) is 6.92 Å². The number of halogens is 4. The number of rotatable bonds is 6. The van der Waals surface area contributed by atoms with Gasteiger partial charge < -0.3 is 19.4 Å². The third-order valence-electron chi connectivity index (χ3n) is 5.89. The van der Waals surface area contributed by atoms with Crippen molar-refractivity contribution in [3.63, 3.8) is 0 Å². The molecule has 33 heavy (non-hydrogen) atoms. The van der Waals surface area contributed by atoms with Gasteiger partial charge in [-0.2, -0.15) is 18.2 Å². The molecule has 2 unspecified atom stereocenters. The van der Waals surface area contributed by atoms with Gasteiger partial charge in [-0.3, -0.25) is 0 Å². The van der Waals surface area contributed by atoms with E-state index in [2.05, 4.69) is 25.6 Å². The van der Waals surface area contributed by atoms with E-state index < -0.39 is 18.5 Å². The zero-order chi connectivity index (χ0) is 23.2. The number of anilines is 2. The fourth-order valence-electron chi connectivity index (χ4n) is 4.55. The van der Waals surface area contributed by atoms with E-state index in [1.165, 1.54) is 18.2 Å². The second kappa shape index (κ2) is 8.19. The second-order valence-corrected chi connectivity index (χ2v) is 8.33. The second-order valence-electron chi connectivity index (χ2n) is 8.33. The average Bonchev–Trinajstić information content (AvgIpc) is 3.37. The molecule has 13 heteroatoms. The third kappa shape index (κ3) is 4.71. The van der Waals surface area contributed by atoms with Crippen LogP contribution in [0.5, 0.6) is 11.8 Å². The minimum absolute atomic E-state index is 0.0194. The fraction of sp³-hybridized carbons (Fsp3) is 0.500. The van der Waals surface area contributed by atoms with Crippen molar-refractivity contribution in [3.05, 3.63) is 36.0 Å². The normalized spacial score (nSPS) is 22.6. The molecule has 0 radical (unpaired) electrons. The number of nitrogens with zero attached hydrogens (tertiary/aromatic N) is 6. The van der Waals surface area contributed by atoms with Crippen LogP contribution >= 0.6 is 0 Å². The third-order valence-corrected chi connectivity index (χ3v) is 5.89. The first-order valence-electron chi connectivity index (χ1n) is 10.5. The molecule has 1 aliphatic carbocycles. The van der Waals surface area contributed by atoms with Crippen LogP contribution < -0.4 is 15.0 Å². The lowest BCUT2D eigenvalue weighted by Gasteiger charge is -2.37. The first kappa shape index (κ1) is 21.5. The molecule has 176 valence electrons. The lowest BCUT2D eigenvalue weighted by molar-refractivity contribution is -0.143. The van der Waals surface area contributed by atoms with Crippen LogP contribution in [0, 0.1) is 24.6 Å². The standard InChI is InChI=1S/C20H21F4N7O2/c1-11-27-28-19(32-11)30-8-12-5-6-13(9-30)16(12)25-17-26-18(31(29-17)10-20(22,23)24)33-15-4-2-3-14(21)7-15/h2-4,7,12-13,16H,5-6,8-10H2,1H3,(H,25,29). The summed E-state index contributed by atoms with van der Waals surface area (Å²) in [4.78, 5) is 6.17. The number of hydrogen-bond acceptors (Lipinski definition) is 8. The molecule has 1 saturated carbocycles. The summed E-state index contributed by atoms with van der Waals surface area (Å²) >= 11 is 0. The molecule has 2 atom stereocenters. The molecule has 1 saturated heterocycles. The summed E-state index contributed by atoms with van der Waals surface area (Å²) in [6.45, 7) is 1.69. The van der Waals surface area contributed by atoms with Crippen LogP contribution in [0.1, 0.15) is 18.7 Å². The number of aromatic nitrogens is 5. The molecule has 3 aromatic rings. The Morgan fingerprint density at radius 1 is 1.18 bits per heavy atom. The van der Waals surface area contributed by atoms with E-state index in [0.717, 1.165) is 18.9 Å². The van der Waals surface area contributed by atoms with Crippen LogP contribution in [0.2, 0.25) is 0 Å². The molecule has 0 spiro atoms. The summed E-state index contributed by atoms with van der Waals surface area (Å²) in [5.74, 6) is 0.391. The van der Waals surface area contributed by atoms with E-state index in [0.29, 0.717) is 29.7 Å². The number of nitrogens with one attached hydrogen (secondary N) is 1. The van der Waals surface area contributed by atoms with Gasteiger partial charge in [0.1, 0.15) is 18.1 Å². The zero-order valence-corrected chi connectivity index (χ0v) is 17.6. The predicted octanol–water partition coefficient (Wildman–Crippen LogP) is 3.79. The van der Waals surface area contributed by atoms with E-state index in [-0.39, 0.29) is 35.6 Å². The van der Waals surface area contributed by atoms with Gasteiger partial charge in [-0.1, -0.05) is 11.2 Å². The van der Waals surface area contributed by atoms with Crippen LogP contribution in [0.3, 0.4) is 0 Å². The van der Waals surface area contributed by atoms with Crippen molar-refractivity contribution in [2.24, 2.45) is 11.8 Å². The van der Waals surface area contributed by atoms with Crippen molar-refractivity contribution in [1.29, 1.82) is 0 Å². The Hall–Kier alpha value is -3.38. The van der Waals surface area contributed by atoms with Crippen molar-refractivity contribution in [2.75, 3.05) is 23.3 Å². The largest absolute Gasteiger partial charge is 0.424 e. The van der Waals surface area contributed by atoms with Crippen LogP contribution in [0.4, 0.5) is 29.5 Å². The van der Waals surface area contributed by atoms with Crippen molar-refractivity contribution >= 4 is 12.0 Å². The average molecular weight is 467 g/mol. The summed E-state index contributed by atoms with van der Waals surface area (Å²) < 4.78 is 64.3. The monoisotopic (exact) mass is 467 g/mol. The van der Waals surface area contributed by atoms with Crippen LogP contribution in [-0.2, 0) is 6.54 Å². The quantitative estimate of drug-likeness (QED) is 0.548. The number of ether oxygens (including phenoxy) is 1. The highest BCUT2D eigenvalue weighted by Crippen LogP contribution is 2.40. The van der Waals surface area contributed by atoms with Gasteiger partial charge in [0.05, 0.1) is 0 Å². The van der Waals surface area contributed by atoms with E-state index in [9.17, 15) is 17.6 Å². The molecular formula is C20H21F4N7O2. The lowest BCUT2D eigenvalue weighted by Crippen LogP contribution is -2.48. The number of hydrogen-bond donors (Lipinski definition) is 1. The van der Waals surface area contributed by atoms with E-state index in [1.807, 2.05) is 4.90 Å². The Labute approximate surface area is 185 Å². The van der Waals surface area contributed by atoms with Gasteiger partial charge in [-0.15, -0.1) is 10.2 Å². The minimum atomic E-state index is -4.53. The topological polar surface area (TPSA) is 94.1 Å². The number of aryl methyl sites for hydroxylation is 1. The summed E-state index contributed by atoms with van der Waals surface area (Å²) in [5.41, 5.74) is 0. The molecular weight excluding hydrogens is 446 g/mol. The molecule has 1 aliphatic heterocycles. The fourth-order valence-corrected chi connectivity index (χ4v) is 4.55. The molecule has 9 nitrogen and oxygen atoms in total. The maximum atomic E-state index is 13.5. The van der Waals surface area contributed by atoms with Crippen LogP contribution in [0.15, 0.2) is 28.7 Å². The van der Waals surface area contributed by atoms with Crippen LogP contribution in [0.25, 0.3) is 0 Å². The van der Waals surface area contributed by atoms with Crippen molar-refractivity contribution in [1.82, 2.24) is 25.0 Å². The molecule has 1 aromatic carbocycles. The first-order valence-corrected chi connectivity index (χ1v) is 10.5. The summed E-state index contributed by atoms with van der Waals surface area (Å²) in [6, 6.07) is 5.18. The molecule has 2 aliphatic rings. The molecule has 5 rings (SSSR count). The van der Waals surface area contributed by atoms with Gasteiger partial charge in [0.15, 0.2) is 0 Å². The van der Waals surface area contributed by atoms with Gasteiger partial charge in [-0.05, 0) is 36.8 Å². The Bertz CT molecular complexity index is 1120. The zero-order valence-electron chi connectivity index (χ0n) is 17.6. The van der Waals surface area contributed by atoms with E-state index >= 15 is 0 Å². The number of alkyl halides is 3. The van der Waals surface area contributed by atoms with Crippen molar-refractivity contribution in [3.8, 4) is 11.8 Å². The predicted molar refractivity (Wildman–Crippen MR) is 107 cm³/mol. The minimum Gasteiger partial charge on any atom is -0.424 e. The number of piperidine rings is 1. The highest BCUT2D eigenvalue weighted by Gasteiger charge is 2.44. The molecule has 3 heterocycles. The summed E-state index contributed by atoms with van der Waals surface area (Å²) in [7, 11) is 0. The van der Waals surface area contributed by atoms with Gasteiger partial charge >= 0.3 is 18.2 Å². The molecule has 0 amide bonds. The highest BCUT2D eigenvalue weighted by atomic mass is 19.4. The van der Waals surface area contributed by atoms with E-state index in [4.69, 9.17) is 9.15 Å². The maximum Gasteiger partial charge on any atom is 0.408 e. The van der Waals surface area contributed by atoms with Crippen molar-refractivity contribution in [2.45, 2.75) is 38.5 Å². The lowest BCUT2D eigenvalue weighted by atomic mass is 9.92. The van der Waals surface area contributed by atoms with Crippen molar-refractivity contribution < 1.29 is 26.7 Å². The Kier molecular flexibility index (Phi) is 5.33. The molecule has 1 N–H and O–H groups in total. The van der Waals surface area contributed by atoms with Gasteiger partial charge in [-0.25, -0.2) is 9.07 Å². The van der Waals surface area contributed by atoms with Crippen LogP contribution in [-0.4, -0.2) is 50.3 Å². The Balaban J connectivity index is 1.34. The number of benzene rings is 1. The smallest absolute Gasteiger partial charge is 0.408 e. The van der Waals surface area contributed by atoms with Gasteiger partial charge in [0, 0.05) is 32.1 Å². The molecule has 2 bridgehead atoms. The van der Waals surface area contributed by atoms with Gasteiger partial charge in [0.25, 0.3) is 0 Å². The highest BCUT2D eigenvalue weighted by molar-refractivity contribution is 5.35. The number of fused-ring (bicyclic) bond motifs is 2.